The Morgan fingerprint density at radius 1 is 0.621 bits per heavy atom. The monoisotopic (exact) mass is 463 g/mol. The molecule has 0 heterocycles. The van der Waals surface area contributed by atoms with Crippen LogP contribution in [-0.4, -0.2) is 91.8 Å². The normalized spacial score (nSPS) is 14.7. The smallest absolute Gasteiger partial charge is 0.395 e. The van der Waals surface area contributed by atoms with Gasteiger partial charge in [0.15, 0.2) is 0 Å². The van der Waals surface area contributed by atoms with E-state index in [0.717, 1.165) is 0 Å². The zero-order valence-corrected chi connectivity index (χ0v) is 14.2. The first-order valence-corrected chi connectivity index (χ1v) is 7.36. The fourth-order valence-electron chi connectivity index (χ4n) is 1.66. The molecule has 0 unspecified atom stereocenters. The Bertz CT molecular complexity index is 483. The van der Waals surface area contributed by atoms with E-state index in [1.54, 1.807) is 0 Å². The third kappa shape index (κ3) is 11.1. The van der Waals surface area contributed by atoms with Gasteiger partial charge in [-0.1, -0.05) is 0 Å². The predicted octanol–water partition coefficient (Wildman–Crippen LogP) is 2.26. The van der Waals surface area contributed by atoms with Crippen LogP contribution in [-0.2, 0) is 14.2 Å². The second-order valence-electron chi connectivity index (χ2n) is 5.35. The number of hydrogen-bond donors (Lipinski definition) is 2. The Labute approximate surface area is 155 Å². The summed E-state index contributed by atoms with van der Waals surface area (Å²) in [4.78, 5) is 0.609. The van der Waals surface area contributed by atoms with E-state index in [1.165, 1.54) is 0 Å². The van der Waals surface area contributed by atoms with Crippen LogP contribution < -0.4 is 0 Å². The highest BCUT2D eigenvalue weighted by Crippen LogP contribution is 2.40. The quantitative estimate of drug-likeness (QED) is 0.386. The van der Waals surface area contributed by atoms with Gasteiger partial charge in [0.2, 0.25) is 0 Å². The van der Waals surface area contributed by atoms with E-state index >= 15 is 0 Å². The highest BCUT2D eigenvalue weighted by Gasteiger charge is 2.64. The highest BCUT2D eigenvalue weighted by molar-refractivity contribution is 4.69. The number of ether oxygens (including phenoxy) is 3. The maximum atomic E-state index is 13.5. The minimum absolute atomic E-state index is 0.474. The second kappa shape index (κ2) is 10.3. The van der Waals surface area contributed by atoms with Crippen molar-refractivity contribution in [3.05, 3.63) is 0 Å². The SMILES string of the molecule is OCCN(CCO)CC(F)(F)OC(F)(F)COCC(F)(F)OC(F)(F)C(F)(F)F. The Morgan fingerprint density at radius 3 is 1.41 bits per heavy atom. The second-order valence-corrected chi connectivity index (χ2v) is 5.35. The summed E-state index contributed by atoms with van der Waals surface area (Å²) in [6.45, 7) is -8.83. The van der Waals surface area contributed by atoms with Crippen LogP contribution in [0, 0.1) is 0 Å². The molecule has 0 amide bonds. The first-order chi connectivity index (χ1) is 12.9. The van der Waals surface area contributed by atoms with Gasteiger partial charge in [-0.3, -0.25) is 9.64 Å². The van der Waals surface area contributed by atoms with Crippen LogP contribution in [0.4, 0.5) is 48.3 Å². The summed E-state index contributed by atoms with van der Waals surface area (Å²) in [5.41, 5.74) is 0. The summed E-state index contributed by atoms with van der Waals surface area (Å²) in [5, 5.41) is 17.3. The van der Waals surface area contributed by atoms with Gasteiger partial charge in [0, 0.05) is 13.1 Å². The van der Waals surface area contributed by atoms with E-state index in [2.05, 4.69) is 14.2 Å². The minimum atomic E-state index is -6.54. The Kier molecular flexibility index (Phi) is 9.98. The molecular formula is C12H16F11NO5. The number of aliphatic hydroxyl groups excluding tert-OH is 2. The summed E-state index contributed by atoms with van der Waals surface area (Å²) in [6.07, 6.45) is -27.9. The molecule has 0 aromatic carbocycles. The molecule has 0 aromatic rings. The molecular weight excluding hydrogens is 447 g/mol. The van der Waals surface area contributed by atoms with Gasteiger partial charge >= 0.3 is 30.6 Å². The molecule has 0 fully saturated rings. The van der Waals surface area contributed by atoms with E-state index < -0.39 is 76.7 Å². The van der Waals surface area contributed by atoms with Crippen molar-refractivity contribution >= 4 is 0 Å². The van der Waals surface area contributed by atoms with Crippen LogP contribution in [0.3, 0.4) is 0 Å². The van der Waals surface area contributed by atoms with Crippen molar-refractivity contribution in [2.45, 2.75) is 30.6 Å². The van der Waals surface area contributed by atoms with Gasteiger partial charge in [-0.15, -0.1) is 0 Å². The lowest BCUT2D eigenvalue weighted by molar-refractivity contribution is -0.462. The molecule has 0 rings (SSSR count). The molecule has 6 nitrogen and oxygen atoms in total. The molecule has 0 bridgehead atoms. The average molecular weight is 463 g/mol. The van der Waals surface area contributed by atoms with E-state index in [0.29, 0.717) is 4.90 Å². The first kappa shape index (κ1) is 28.0. The van der Waals surface area contributed by atoms with E-state index in [-0.39, 0.29) is 0 Å². The number of nitrogens with zero attached hydrogens (tertiary/aromatic N) is 1. The molecule has 0 saturated carbocycles. The minimum Gasteiger partial charge on any atom is -0.395 e. The molecule has 0 aliphatic heterocycles. The van der Waals surface area contributed by atoms with Crippen molar-refractivity contribution in [2.75, 3.05) is 46.1 Å². The fourth-order valence-corrected chi connectivity index (χ4v) is 1.66. The van der Waals surface area contributed by atoms with Crippen molar-refractivity contribution in [3.8, 4) is 0 Å². The molecule has 0 aliphatic carbocycles. The molecule has 0 aromatic heterocycles. The Balaban J connectivity index is 4.74. The maximum absolute atomic E-state index is 13.5. The highest BCUT2D eigenvalue weighted by atomic mass is 19.4. The van der Waals surface area contributed by atoms with Crippen molar-refractivity contribution in [1.82, 2.24) is 4.90 Å². The van der Waals surface area contributed by atoms with Gasteiger partial charge in [-0.2, -0.15) is 48.3 Å². The number of alkyl halides is 11. The van der Waals surface area contributed by atoms with Crippen LogP contribution in [0.2, 0.25) is 0 Å². The van der Waals surface area contributed by atoms with Crippen LogP contribution in [0.1, 0.15) is 0 Å². The van der Waals surface area contributed by atoms with Crippen molar-refractivity contribution in [2.24, 2.45) is 0 Å². The Morgan fingerprint density at radius 2 is 1.03 bits per heavy atom. The van der Waals surface area contributed by atoms with Crippen LogP contribution in [0.5, 0.6) is 0 Å². The molecule has 0 radical (unpaired) electrons. The lowest BCUT2D eigenvalue weighted by Gasteiger charge is -2.29. The largest absolute Gasteiger partial charge is 0.483 e. The summed E-state index contributed by atoms with van der Waals surface area (Å²) in [5.74, 6) is 0. The lowest BCUT2D eigenvalue weighted by Crippen LogP contribution is -2.47. The number of hydrogen-bond acceptors (Lipinski definition) is 6. The van der Waals surface area contributed by atoms with E-state index in [9.17, 15) is 48.3 Å². The molecule has 0 aliphatic rings. The summed E-state index contributed by atoms with van der Waals surface area (Å²) >= 11 is 0. The van der Waals surface area contributed by atoms with Crippen molar-refractivity contribution in [3.63, 3.8) is 0 Å². The van der Waals surface area contributed by atoms with Crippen LogP contribution in [0.25, 0.3) is 0 Å². The van der Waals surface area contributed by atoms with Gasteiger partial charge in [0.25, 0.3) is 0 Å². The van der Waals surface area contributed by atoms with Crippen LogP contribution >= 0.6 is 0 Å². The average Bonchev–Trinajstić information content (AvgIpc) is 2.42. The molecule has 176 valence electrons. The van der Waals surface area contributed by atoms with Gasteiger partial charge in [0.1, 0.15) is 13.2 Å². The maximum Gasteiger partial charge on any atom is 0.483 e. The summed E-state index contributed by atoms with van der Waals surface area (Å²) in [7, 11) is 0. The van der Waals surface area contributed by atoms with Crippen molar-refractivity contribution in [1.29, 1.82) is 0 Å². The lowest BCUT2D eigenvalue weighted by atomic mass is 10.4. The zero-order valence-electron chi connectivity index (χ0n) is 14.2. The number of rotatable bonds is 14. The topological polar surface area (TPSA) is 71.4 Å². The van der Waals surface area contributed by atoms with Gasteiger partial charge in [0.05, 0.1) is 19.8 Å². The third-order valence-electron chi connectivity index (χ3n) is 2.69. The third-order valence-corrected chi connectivity index (χ3v) is 2.69. The number of aliphatic hydroxyl groups is 2. The van der Waals surface area contributed by atoms with E-state index in [4.69, 9.17) is 10.2 Å². The standard InChI is InChI=1S/C12H16F11NO5/c13-8(14,5-24(1-3-25)2-4-26)28-9(15,16)6-27-7-10(17,18)29-12(22,23)11(19,20)21/h25-26H,1-7H2. The van der Waals surface area contributed by atoms with E-state index in [1.807, 2.05) is 0 Å². The summed E-state index contributed by atoms with van der Waals surface area (Å²) in [6, 6.07) is 0. The molecule has 0 atom stereocenters. The molecule has 0 spiro atoms. The zero-order chi connectivity index (χ0) is 23.1. The first-order valence-electron chi connectivity index (χ1n) is 7.36. The molecule has 2 N–H and O–H groups in total. The van der Waals surface area contributed by atoms with Crippen LogP contribution in [0.15, 0.2) is 0 Å². The molecule has 29 heavy (non-hydrogen) atoms. The fraction of sp³-hybridized carbons (Fsp3) is 1.00. The predicted molar refractivity (Wildman–Crippen MR) is 69.4 cm³/mol. The molecule has 0 saturated heterocycles. The summed E-state index contributed by atoms with van der Waals surface area (Å²) < 4.78 is 148. The van der Waals surface area contributed by atoms with Crippen molar-refractivity contribution < 1.29 is 72.7 Å². The molecule has 17 heteroatoms. The Hall–Kier alpha value is -1.01. The van der Waals surface area contributed by atoms with Gasteiger partial charge in [-0.25, -0.2) is 4.74 Å². The van der Waals surface area contributed by atoms with Gasteiger partial charge < -0.3 is 14.9 Å². The van der Waals surface area contributed by atoms with Gasteiger partial charge in [-0.05, 0) is 0 Å². The number of halogens is 11.